The summed E-state index contributed by atoms with van der Waals surface area (Å²) in [6.07, 6.45) is 7.06. The molecule has 0 radical (unpaired) electrons. The Kier molecular flexibility index (Phi) is 5.06. The highest BCUT2D eigenvalue weighted by Gasteiger charge is 2.26. The topological polar surface area (TPSA) is 85.3 Å². The molecular weight excluding hydrogens is 380 g/mol. The zero-order valence-electron chi connectivity index (χ0n) is 17.3. The van der Waals surface area contributed by atoms with Crippen molar-refractivity contribution >= 4 is 11.6 Å². The van der Waals surface area contributed by atoms with Gasteiger partial charge in [-0.15, -0.1) is 0 Å². The molecule has 7 nitrogen and oxygen atoms in total. The molecule has 2 N–H and O–H groups in total. The average molecular weight is 409 g/mol. The van der Waals surface area contributed by atoms with Crippen molar-refractivity contribution in [1.29, 1.82) is 0 Å². The van der Waals surface area contributed by atoms with E-state index < -0.39 is 0 Å². The number of hydrogen-bond donors (Lipinski definition) is 2. The quantitative estimate of drug-likeness (QED) is 0.813. The summed E-state index contributed by atoms with van der Waals surface area (Å²) < 4.78 is 7.19. The first-order valence-corrected chi connectivity index (χ1v) is 11.0. The molecule has 1 amide bonds. The summed E-state index contributed by atoms with van der Waals surface area (Å²) in [5, 5.41) is 11.3. The predicted molar refractivity (Wildman–Crippen MR) is 114 cm³/mol. The molecule has 30 heavy (non-hydrogen) atoms. The third-order valence-corrected chi connectivity index (χ3v) is 6.65. The Morgan fingerprint density at radius 2 is 2.00 bits per heavy atom. The Hall–Kier alpha value is -2.67. The Labute approximate surface area is 175 Å². The fourth-order valence-corrected chi connectivity index (χ4v) is 4.98. The molecule has 2 aliphatic carbocycles. The minimum absolute atomic E-state index is 0.0544. The lowest BCUT2D eigenvalue weighted by molar-refractivity contribution is -0.118. The first-order valence-electron chi connectivity index (χ1n) is 11.0. The van der Waals surface area contributed by atoms with Gasteiger partial charge in [0.25, 0.3) is 11.5 Å². The first kappa shape index (κ1) is 19.3. The number of carbonyl (C=O) groups excluding carboxylic acids is 1. The SMILES string of the molecule is CC(NC1CCC(n2nc3c(cc2=O)CCC3)CC1)c1ccc2c(c1)NC(=O)CO2. The number of benzene rings is 1. The van der Waals surface area contributed by atoms with E-state index in [1.165, 1.54) is 0 Å². The van der Waals surface area contributed by atoms with E-state index in [1.807, 2.05) is 18.2 Å². The number of carbonyl (C=O) groups is 1. The van der Waals surface area contributed by atoms with Crippen LogP contribution >= 0.6 is 0 Å². The predicted octanol–water partition coefficient (Wildman–Crippen LogP) is 2.90. The van der Waals surface area contributed by atoms with Gasteiger partial charge in [-0.1, -0.05) is 6.07 Å². The van der Waals surface area contributed by atoms with Crippen LogP contribution in [0.2, 0.25) is 0 Å². The van der Waals surface area contributed by atoms with E-state index in [0.717, 1.165) is 73.2 Å². The van der Waals surface area contributed by atoms with Crippen LogP contribution in [0.25, 0.3) is 0 Å². The van der Waals surface area contributed by atoms with Gasteiger partial charge in [0.2, 0.25) is 0 Å². The smallest absolute Gasteiger partial charge is 0.267 e. The molecule has 2 aromatic rings. The highest BCUT2D eigenvalue weighted by Crippen LogP contribution is 2.32. The highest BCUT2D eigenvalue weighted by molar-refractivity contribution is 5.95. The number of aromatic nitrogens is 2. The summed E-state index contributed by atoms with van der Waals surface area (Å²) in [6.45, 7) is 2.22. The average Bonchev–Trinajstić information content (AvgIpc) is 3.20. The number of nitrogens with zero attached hydrogens (tertiary/aromatic N) is 2. The minimum Gasteiger partial charge on any atom is -0.482 e. The molecule has 1 saturated carbocycles. The number of anilines is 1. The molecular formula is C23H28N4O3. The van der Waals surface area contributed by atoms with E-state index in [1.54, 1.807) is 10.7 Å². The summed E-state index contributed by atoms with van der Waals surface area (Å²) in [5.74, 6) is 0.604. The highest BCUT2D eigenvalue weighted by atomic mass is 16.5. The van der Waals surface area contributed by atoms with Crippen molar-refractivity contribution in [3.05, 3.63) is 51.4 Å². The Balaban J connectivity index is 1.21. The maximum Gasteiger partial charge on any atom is 0.267 e. The van der Waals surface area contributed by atoms with Crippen LogP contribution < -0.4 is 20.9 Å². The van der Waals surface area contributed by atoms with Gasteiger partial charge in [-0.05, 0) is 75.1 Å². The van der Waals surface area contributed by atoms with Crippen LogP contribution in [0.5, 0.6) is 5.75 Å². The van der Waals surface area contributed by atoms with Gasteiger partial charge in [0.15, 0.2) is 6.61 Å². The fraction of sp³-hybridized carbons (Fsp3) is 0.522. The summed E-state index contributed by atoms with van der Waals surface area (Å²) in [5.41, 5.74) is 4.18. The molecule has 5 rings (SSSR count). The van der Waals surface area contributed by atoms with Gasteiger partial charge < -0.3 is 15.4 Å². The van der Waals surface area contributed by atoms with Gasteiger partial charge in [0.1, 0.15) is 5.75 Å². The van der Waals surface area contributed by atoms with E-state index in [0.29, 0.717) is 6.04 Å². The Morgan fingerprint density at radius 3 is 2.83 bits per heavy atom. The molecule has 2 heterocycles. The van der Waals surface area contributed by atoms with Gasteiger partial charge in [-0.3, -0.25) is 9.59 Å². The van der Waals surface area contributed by atoms with Gasteiger partial charge in [0, 0.05) is 18.2 Å². The van der Waals surface area contributed by atoms with Crippen LogP contribution in [0.15, 0.2) is 29.1 Å². The number of hydrogen-bond acceptors (Lipinski definition) is 5. The molecule has 1 atom stereocenters. The van der Waals surface area contributed by atoms with Crippen LogP contribution in [-0.4, -0.2) is 28.3 Å². The number of nitrogens with one attached hydrogen (secondary N) is 2. The Morgan fingerprint density at radius 1 is 1.17 bits per heavy atom. The van der Waals surface area contributed by atoms with E-state index >= 15 is 0 Å². The molecule has 1 aromatic heterocycles. The molecule has 7 heteroatoms. The first-order chi connectivity index (χ1) is 14.6. The van der Waals surface area contributed by atoms with Crippen LogP contribution in [0.4, 0.5) is 5.69 Å². The molecule has 0 saturated heterocycles. The van der Waals surface area contributed by atoms with Crippen molar-refractivity contribution in [1.82, 2.24) is 15.1 Å². The maximum atomic E-state index is 12.5. The lowest BCUT2D eigenvalue weighted by atomic mass is 9.90. The van der Waals surface area contributed by atoms with E-state index in [4.69, 9.17) is 9.84 Å². The summed E-state index contributed by atoms with van der Waals surface area (Å²) in [6, 6.07) is 8.54. The van der Waals surface area contributed by atoms with Crippen molar-refractivity contribution in [3.8, 4) is 5.75 Å². The van der Waals surface area contributed by atoms with E-state index in [2.05, 4.69) is 17.6 Å². The maximum absolute atomic E-state index is 12.5. The van der Waals surface area contributed by atoms with Crippen molar-refractivity contribution in [2.45, 2.75) is 70.0 Å². The van der Waals surface area contributed by atoms with Crippen molar-refractivity contribution < 1.29 is 9.53 Å². The number of rotatable bonds is 4. The second-order valence-corrected chi connectivity index (χ2v) is 8.74. The third kappa shape index (κ3) is 3.74. The molecule has 0 bridgehead atoms. The number of amides is 1. The fourth-order valence-electron chi connectivity index (χ4n) is 4.98. The second-order valence-electron chi connectivity index (χ2n) is 8.74. The van der Waals surface area contributed by atoms with Crippen LogP contribution in [0.3, 0.4) is 0 Å². The van der Waals surface area contributed by atoms with Crippen LogP contribution in [0.1, 0.15) is 67.9 Å². The molecule has 1 unspecified atom stereocenters. The summed E-state index contributed by atoms with van der Waals surface area (Å²) in [4.78, 5) is 24.1. The van der Waals surface area contributed by atoms with Crippen molar-refractivity contribution in [3.63, 3.8) is 0 Å². The van der Waals surface area contributed by atoms with E-state index in [-0.39, 0.29) is 30.2 Å². The van der Waals surface area contributed by atoms with E-state index in [9.17, 15) is 9.59 Å². The monoisotopic (exact) mass is 408 g/mol. The Bertz CT molecular complexity index is 1020. The lowest BCUT2D eigenvalue weighted by Gasteiger charge is -2.32. The normalized spacial score (nSPS) is 23.8. The molecule has 1 fully saturated rings. The molecule has 158 valence electrons. The van der Waals surface area contributed by atoms with Gasteiger partial charge in [-0.2, -0.15) is 5.10 Å². The third-order valence-electron chi connectivity index (χ3n) is 6.65. The van der Waals surface area contributed by atoms with Crippen LogP contribution in [0, 0.1) is 0 Å². The number of ether oxygens (including phenoxy) is 1. The number of fused-ring (bicyclic) bond motifs is 2. The molecule has 0 spiro atoms. The second kappa shape index (κ2) is 7.87. The summed E-state index contributed by atoms with van der Waals surface area (Å²) in [7, 11) is 0. The molecule has 3 aliphatic rings. The minimum atomic E-state index is -0.117. The van der Waals surface area contributed by atoms with Crippen LogP contribution in [-0.2, 0) is 17.6 Å². The van der Waals surface area contributed by atoms with Gasteiger partial charge in [-0.25, -0.2) is 4.68 Å². The largest absolute Gasteiger partial charge is 0.482 e. The summed E-state index contributed by atoms with van der Waals surface area (Å²) >= 11 is 0. The van der Waals surface area contributed by atoms with Crippen molar-refractivity contribution in [2.24, 2.45) is 0 Å². The lowest BCUT2D eigenvalue weighted by Crippen LogP contribution is -2.38. The zero-order chi connectivity index (χ0) is 20.7. The zero-order valence-corrected chi connectivity index (χ0v) is 17.3. The molecule has 1 aromatic carbocycles. The standard InChI is InChI=1S/C23H28N4O3/c1-14(15-5-10-21-20(11-15)25-22(28)13-30-21)24-17-6-8-18(9-7-17)27-23(29)12-16-3-2-4-19(16)26-27/h5,10-12,14,17-18,24H,2-4,6-9,13H2,1H3,(H,25,28). The van der Waals surface area contributed by atoms with Gasteiger partial charge in [0.05, 0.1) is 17.4 Å². The van der Waals surface area contributed by atoms with Crippen molar-refractivity contribution in [2.75, 3.05) is 11.9 Å². The molecule has 1 aliphatic heterocycles. The number of aryl methyl sites for hydroxylation is 2. The van der Waals surface area contributed by atoms with Gasteiger partial charge >= 0.3 is 0 Å².